The van der Waals surface area contributed by atoms with E-state index in [4.69, 9.17) is 0 Å². The van der Waals surface area contributed by atoms with Crippen LogP contribution in [0.15, 0.2) is 18.7 Å². The van der Waals surface area contributed by atoms with Gasteiger partial charge in [-0.1, -0.05) is 12.7 Å². The molecule has 1 saturated heterocycles. The smallest absolute Gasteiger partial charge is 0.338 e. The minimum Gasteiger partial charge on any atom is -0.338 e. The van der Waals surface area contributed by atoms with E-state index >= 15 is 0 Å². The summed E-state index contributed by atoms with van der Waals surface area (Å²) >= 11 is 0. The fraction of sp³-hybridized carbons (Fsp3) is 0.438. The highest BCUT2D eigenvalue weighted by molar-refractivity contribution is 5.95. The standard InChI is InChI=1S/C16H17F4NO/c1-3-11-8-13(14(17)7-10(11)2)15(22)21-6-4-5-12(9-21)16(18,19)20/h3,7-8,12H,1,4-6,9H2,2H3. The van der Waals surface area contributed by atoms with Crippen LogP contribution in [0.5, 0.6) is 0 Å². The molecule has 22 heavy (non-hydrogen) atoms. The molecule has 120 valence electrons. The maximum Gasteiger partial charge on any atom is 0.393 e. The van der Waals surface area contributed by atoms with Crippen molar-refractivity contribution in [3.63, 3.8) is 0 Å². The lowest BCUT2D eigenvalue weighted by Crippen LogP contribution is -2.44. The number of piperidine rings is 1. The van der Waals surface area contributed by atoms with Crippen LogP contribution in [0.4, 0.5) is 17.6 Å². The Morgan fingerprint density at radius 2 is 2.09 bits per heavy atom. The molecule has 0 N–H and O–H groups in total. The third-order valence-electron chi connectivity index (χ3n) is 3.98. The summed E-state index contributed by atoms with van der Waals surface area (Å²) in [5, 5.41) is 0. The molecule has 0 aromatic heterocycles. The van der Waals surface area contributed by atoms with Gasteiger partial charge in [-0.25, -0.2) is 4.39 Å². The third-order valence-corrected chi connectivity index (χ3v) is 3.98. The quantitative estimate of drug-likeness (QED) is 0.749. The van der Waals surface area contributed by atoms with Crippen LogP contribution in [0.25, 0.3) is 6.08 Å². The van der Waals surface area contributed by atoms with Gasteiger partial charge in [0.25, 0.3) is 5.91 Å². The van der Waals surface area contributed by atoms with Gasteiger partial charge in [-0.05, 0) is 43.0 Å². The first kappa shape index (κ1) is 16.5. The Labute approximate surface area is 126 Å². The van der Waals surface area contributed by atoms with Crippen LogP contribution in [0.1, 0.15) is 34.3 Å². The lowest BCUT2D eigenvalue weighted by molar-refractivity contribution is -0.184. The van der Waals surface area contributed by atoms with E-state index in [1.807, 2.05) is 0 Å². The lowest BCUT2D eigenvalue weighted by atomic mass is 9.96. The number of alkyl halides is 3. The second-order valence-electron chi connectivity index (χ2n) is 5.52. The summed E-state index contributed by atoms with van der Waals surface area (Å²) in [6.45, 7) is 5.05. The molecule has 1 aliphatic heterocycles. The Morgan fingerprint density at radius 3 is 2.68 bits per heavy atom. The van der Waals surface area contributed by atoms with Crippen molar-refractivity contribution in [2.75, 3.05) is 13.1 Å². The number of nitrogens with zero attached hydrogens (tertiary/aromatic N) is 1. The molecule has 0 saturated carbocycles. The van der Waals surface area contributed by atoms with E-state index in [2.05, 4.69) is 6.58 Å². The van der Waals surface area contributed by atoms with Gasteiger partial charge in [0.1, 0.15) is 5.82 Å². The predicted octanol–water partition coefficient (Wildman–Crippen LogP) is 4.19. The molecule has 0 aliphatic carbocycles. The van der Waals surface area contributed by atoms with Crippen molar-refractivity contribution in [2.45, 2.75) is 25.9 Å². The van der Waals surface area contributed by atoms with Crippen molar-refractivity contribution >= 4 is 12.0 Å². The van der Waals surface area contributed by atoms with Crippen LogP contribution in [0.3, 0.4) is 0 Å². The summed E-state index contributed by atoms with van der Waals surface area (Å²) in [5.74, 6) is -2.96. The number of hydrogen-bond acceptors (Lipinski definition) is 1. The summed E-state index contributed by atoms with van der Waals surface area (Å²) in [7, 11) is 0. The highest BCUT2D eigenvalue weighted by atomic mass is 19.4. The Bertz CT molecular complexity index is 595. The minimum absolute atomic E-state index is 0.00156. The molecular formula is C16H17F4NO. The summed E-state index contributed by atoms with van der Waals surface area (Å²) in [6.07, 6.45) is -2.59. The van der Waals surface area contributed by atoms with E-state index in [1.165, 1.54) is 18.2 Å². The molecular weight excluding hydrogens is 298 g/mol. The average molecular weight is 315 g/mol. The number of aryl methyl sites for hydroxylation is 1. The Kier molecular flexibility index (Phi) is 4.58. The maximum atomic E-state index is 14.0. The van der Waals surface area contributed by atoms with Gasteiger partial charge in [-0.3, -0.25) is 4.79 Å². The number of carbonyl (C=O) groups is 1. The highest BCUT2D eigenvalue weighted by Gasteiger charge is 2.43. The predicted molar refractivity (Wildman–Crippen MR) is 75.9 cm³/mol. The number of likely N-dealkylation sites (tertiary alicyclic amines) is 1. The number of amides is 1. The topological polar surface area (TPSA) is 20.3 Å². The zero-order valence-electron chi connectivity index (χ0n) is 12.2. The van der Waals surface area contributed by atoms with Crippen LogP contribution in [-0.4, -0.2) is 30.1 Å². The maximum absolute atomic E-state index is 14.0. The summed E-state index contributed by atoms with van der Waals surface area (Å²) in [4.78, 5) is 13.4. The number of halogens is 4. The molecule has 0 bridgehead atoms. The SMILES string of the molecule is C=Cc1cc(C(=O)N2CCCC(C(F)(F)F)C2)c(F)cc1C. The largest absolute Gasteiger partial charge is 0.393 e. The van der Waals surface area contributed by atoms with E-state index in [0.29, 0.717) is 11.1 Å². The first-order valence-electron chi connectivity index (χ1n) is 7.02. The molecule has 0 radical (unpaired) electrons. The van der Waals surface area contributed by atoms with Crippen molar-refractivity contribution in [3.8, 4) is 0 Å². The van der Waals surface area contributed by atoms with E-state index in [-0.39, 0.29) is 24.9 Å². The first-order valence-corrected chi connectivity index (χ1v) is 7.02. The molecule has 1 aliphatic rings. The molecule has 2 nitrogen and oxygen atoms in total. The second kappa shape index (κ2) is 6.10. The van der Waals surface area contributed by atoms with Crippen molar-refractivity contribution in [1.29, 1.82) is 0 Å². The lowest BCUT2D eigenvalue weighted by Gasteiger charge is -2.33. The minimum atomic E-state index is -4.34. The van der Waals surface area contributed by atoms with E-state index in [9.17, 15) is 22.4 Å². The van der Waals surface area contributed by atoms with Gasteiger partial charge in [0.15, 0.2) is 0 Å². The van der Waals surface area contributed by atoms with Crippen LogP contribution >= 0.6 is 0 Å². The molecule has 1 fully saturated rings. The summed E-state index contributed by atoms with van der Waals surface area (Å²) in [5.41, 5.74) is 1.01. The van der Waals surface area contributed by atoms with Crippen LogP contribution in [0, 0.1) is 18.7 Å². The molecule has 1 amide bonds. The van der Waals surface area contributed by atoms with E-state index < -0.39 is 30.4 Å². The van der Waals surface area contributed by atoms with Crippen molar-refractivity contribution < 1.29 is 22.4 Å². The fourth-order valence-electron chi connectivity index (χ4n) is 2.67. The van der Waals surface area contributed by atoms with Gasteiger partial charge >= 0.3 is 6.18 Å². The van der Waals surface area contributed by atoms with Gasteiger partial charge in [0.05, 0.1) is 11.5 Å². The number of benzene rings is 1. The van der Waals surface area contributed by atoms with E-state index in [0.717, 1.165) is 4.90 Å². The number of carbonyl (C=O) groups excluding carboxylic acids is 1. The highest BCUT2D eigenvalue weighted by Crippen LogP contribution is 2.33. The molecule has 1 atom stereocenters. The first-order chi connectivity index (χ1) is 10.2. The average Bonchev–Trinajstić information content (AvgIpc) is 2.46. The second-order valence-corrected chi connectivity index (χ2v) is 5.52. The number of hydrogen-bond donors (Lipinski definition) is 0. The normalized spacial score (nSPS) is 19.1. The van der Waals surface area contributed by atoms with Crippen molar-refractivity contribution in [3.05, 3.63) is 41.2 Å². The third kappa shape index (κ3) is 3.31. The van der Waals surface area contributed by atoms with Gasteiger partial charge in [0.2, 0.25) is 0 Å². The van der Waals surface area contributed by atoms with Gasteiger partial charge in [-0.2, -0.15) is 13.2 Å². The van der Waals surface area contributed by atoms with Gasteiger partial charge in [-0.15, -0.1) is 0 Å². The molecule has 1 heterocycles. The number of rotatable bonds is 2. The Hall–Kier alpha value is -1.85. The van der Waals surface area contributed by atoms with Crippen molar-refractivity contribution in [1.82, 2.24) is 4.90 Å². The molecule has 0 spiro atoms. The zero-order valence-corrected chi connectivity index (χ0v) is 12.2. The molecule has 1 aromatic rings. The van der Waals surface area contributed by atoms with Gasteiger partial charge in [0, 0.05) is 13.1 Å². The molecule has 2 rings (SSSR count). The molecule has 1 aromatic carbocycles. The van der Waals surface area contributed by atoms with Crippen molar-refractivity contribution in [2.24, 2.45) is 5.92 Å². The van der Waals surface area contributed by atoms with Crippen LogP contribution < -0.4 is 0 Å². The summed E-state index contributed by atoms with van der Waals surface area (Å²) < 4.78 is 52.4. The zero-order chi connectivity index (χ0) is 16.5. The molecule has 6 heteroatoms. The van der Waals surface area contributed by atoms with Crippen LogP contribution in [-0.2, 0) is 0 Å². The Balaban J connectivity index is 2.26. The van der Waals surface area contributed by atoms with E-state index in [1.54, 1.807) is 6.92 Å². The fourth-order valence-corrected chi connectivity index (χ4v) is 2.67. The van der Waals surface area contributed by atoms with Gasteiger partial charge < -0.3 is 4.90 Å². The van der Waals surface area contributed by atoms with Crippen LogP contribution in [0.2, 0.25) is 0 Å². The Morgan fingerprint density at radius 1 is 1.41 bits per heavy atom. The summed E-state index contributed by atoms with van der Waals surface area (Å²) in [6, 6.07) is 2.55. The molecule has 1 unspecified atom stereocenters. The monoisotopic (exact) mass is 315 g/mol.